The summed E-state index contributed by atoms with van der Waals surface area (Å²) in [6.45, 7) is 1.68. The van der Waals surface area contributed by atoms with Crippen molar-refractivity contribution in [2.24, 2.45) is 0 Å². The van der Waals surface area contributed by atoms with Gasteiger partial charge < -0.3 is 10.0 Å². The van der Waals surface area contributed by atoms with Crippen LogP contribution in [0.3, 0.4) is 0 Å². The molecule has 1 saturated heterocycles. The van der Waals surface area contributed by atoms with E-state index < -0.39 is 38.7 Å². The number of aliphatic hydroxyl groups excluding tert-OH is 1. The van der Waals surface area contributed by atoms with Crippen molar-refractivity contribution in [1.29, 1.82) is 0 Å². The minimum Gasteiger partial charge on any atom is -0.391 e. The lowest BCUT2D eigenvalue weighted by molar-refractivity contribution is 0.267. The van der Waals surface area contributed by atoms with E-state index in [0.717, 1.165) is 38.1 Å². The molecule has 1 aliphatic rings. The Morgan fingerprint density at radius 3 is 2.52 bits per heavy atom. The number of benzene rings is 1. The average Bonchev–Trinajstić information content (AvgIpc) is 2.92. The summed E-state index contributed by atoms with van der Waals surface area (Å²) in [7, 11) is -4.06. The van der Waals surface area contributed by atoms with E-state index in [4.69, 9.17) is 5.11 Å². The molecule has 1 aliphatic heterocycles. The Balaban J connectivity index is 2.08. The average molecular weight is 320 g/mol. The molecular formula is C13H18F2N2O3S. The number of nitrogens with one attached hydrogen (secondary N) is 1. The van der Waals surface area contributed by atoms with Gasteiger partial charge in [-0.1, -0.05) is 0 Å². The van der Waals surface area contributed by atoms with E-state index >= 15 is 0 Å². The Morgan fingerprint density at radius 2 is 1.90 bits per heavy atom. The van der Waals surface area contributed by atoms with Crippen LogP contribution in [-0.2, 0) is 16.6 Å². The van der Waals surface area contributed by atoms with Crippen molar-refractivity contribution >= 4 is 10.0 Å². The highest BCUT2D eigenvalue weighted by Gasteiger charge is 2.23. The van der Waals surface area contributed by atoms with Gasteiger partial charge in [-0.05, 0) is 38.1 Å². The molecule has 1 fully saturated rings. The molecule has 2 N–H and O–H groups in total. The molecule has 0 unspecified atom stereocenters. The predicted molar refractivity (Wildman–Crippen MR) is 73.1 cm³/mol. The van der Waals surface area contributed by atoms with Crippen molar-refractivity contribution in [3.8, 4) is 0 Å². The smallest absolute Gasteiger partial charge is 0.243 e. The van der Waals surface area contributed by atoms with Crippen molar-refractivity contribution in [1.82, 2.24) is 9.62 Å². The Morgan fingerprint density at radius 1 is 1.24 bits per heavy atom. The van der Waals surface area contributed by atoms with Gasteiger partial charge in [-0.15, -0.1) is 0 Å². The van der Waals surface area contributed by atoms with Gasteiger partial charge in [0.05, 0.1) is 12.2 Å². The molecule has 0 spiro atoms. The van der Waals surface area contributed by atoms with E-state index in [0.29, 0.717) is 6.54 Å². The first kappa shape index (κ1) is 16.3. The molecule has 5 nitrogen and oxygen atoms in total. The number of nitrogens with zero attached hydrogens (tertiary/aromatic N) is 1. The van der Waals surface area contributed by atoms with Crippen molar-refractivity contribution in [2.75, 3.05) is 26.2 Å². The highest BCUT2D eigenvalue weighted by atomic mass is 32.2. The fourth-order valence-electron chi connectivity index (χ4n) is 2.35. The fraction of sp³-hybridized carbons (Fsp3) is 0.538. The highest BCUT2D eigenvalue weighted by Crippen LogP contribution is 2.21. The second-order valence-electron chi connectivity index (χ2n) is 4.94. The normalized spacial score (nSPS) is 16.5. The molecule has 21 heavy (non-hydrogen) atoms. The molecule has 0 saturated carbocycles. The lowest BCUT2D eigenvalue weighted by Crippen LogP contribution is -2.34. The Labute approximate surface area is 122 Å². The van der Waals surface area contributed by atoms with Gasteiger partial charge >= 0.3 is 0 Å². The zero-order valence-electron chi connectivity index (χ0n) is 11.5. The first-order valence-corrected chi connectivity index (χ1v) is 8.24. The third kappa shape index (κ3) is 3.76. The largest absolute Gasteiger partial charge is 0.391 e. The van der Waals surface area contributed by atoms with Crippen LogP contribution in [0, 0.1) is 11.6 Å². The lowest BCUT2D eigenvalue weighted by atomic mass is 10.2. The summed E-state index contributed by atoms with van der Waals surface area (Å²) in [6.07, 6.45) is 2.19. The van der Waals surface area contributed by atoms with Gasteiger partial charge in [-0.2, -0.15) is 0 Å². The third-order valence-electron chi connectivity index (χ3n) is 3.52. The van der Waals surface area contributed by atoms with Crippen molar-refractivity contribution in [2.45, 2.75) is 24.3 Å². The van der Waals surface area contributed by atoms with Crippen LogP contribution in [-0.4, -0.2) is 44.6 Å². The van der Waals surface area contributed by atoms with E-state index in [1.807, 2.05) is 0 Å². The number of hydrogen-bond acceptors (Lipinski definition) is 4. The molecule has 0 aromatic heterocycles. The Hall–Kier alpha value is -1.09. The summed E-state index contributed by atoms with van der Waals surface area (Å²) in [5.74, 6) is -2.21. The molecule has 0 atom stereocenters. The molecule has 0 radical (unpaired) electrons. The van der Waals surface area contributed by atoms with Gasteiger partial charge in [-0.25, -0.2) is 21.9 Å². The second kappa shape index (κ2) is 6.78. The van der Waals surface area contributed by atoms with Crippen molar-refractivity contribution in [3.05, 3.63) is 29.3 Å². The fourth-order valence-corrected chi connectivity index (χ4v) is 3.47. The molecule has 1 heterocycles. The monoisotopic (exact) mass is 320 g/mol. The third-order valence-corrected chi connectivity index (χ3v) is 5.00. The molecular weight excluding hydrogens is 302 g/mol. The molecule has 8 heteroatoms. The standard InChI is InChI=1S/C13H18F2N2O3S/c14-11-3-4-12(13(15)10(11)9-18)21(19,20)16-5-8-17-6-1-2-7-17/h3-4,16,18H,1-2,5-9H2. The summed E-state index contributed by atoms with van der Waals surface area (Å²) in [5, 5.41) is 8.91. The number of likely N-dealkylation sites (tertiary alicyclic amines) is 1. The van der Waals surface area contributed by atoms with Crippen LogP contribution in [0.4, 0.5) is 8.78 Å². The van der Waals surface area contributed by atoms with Gasteiger partial charge in [-0.3, -0.25) is 0 Å². The Kier molecular flexibility index (Phi) is 5.26. The number of sulfonamides is 1. The van der Waals surface area contributed by atoms with Gasteiger partial charge in [0.15, 0.2) is 5.82 Å². The van der Waals surface area contributed by atoms with Crippen molar-refractivity contribution < 1.29 is 22.3 Å². The molecule has 1 aromatic rings. The molecule has 2 rings (SSSR count). The maximum absolute atomic E-state index is 13.9. The van der Waals surface area contributed by atoms with Gasteiger partial charge in [0.2, 0.25) is 10.0 Å². The SMILES string of the molecule is O=S(=O)(NCCN1CCCC1)c1ccc(F)c(CO)c1F. The van der Waals surface area contributed by atoms with E-state index in [9.17, 15) is 17.2 Å². The maximum atomic E-state index is 13.9. The number of hydrogen-bond donors (Lipinski definition) is 2. The van der Waals surface area contributed by atoms with E-state index in [1.54, 1.807) is 0 Å². The molecule has 0 bridgehead atoms. The topological polar surface area (TPSA) is 69.6 Å². The van der Waals surface area contributed by atoms with Crippen LogP contribution in [0.25, 0.3) is 0 Å². The van der Waals surface area contributed by atoms with Crippen LogP contribution in [0.5, 0.6) is 0 Å². The Bertz CT molecular complexity index is 602. The van der Waals surface area contributed by atoms with E-state index in [2.05, 4.69) is 9.62 Å². The quantitative estimate of drug-likeness (QED) is 0.815. The van der Waals surface area contributed by atoms with Crippen molar-refractivity contribution in [3.63, 3.8) is 0 Å². The number of rotatable bonds is 6. The lowest BCUT2D eigenvalue weighted by Gasteiger charge is -2.15. The summed E-state index contributed by atoms with van der Waals surface area (Å²) in [4.78, 5) is 1.47. The summed E-state index contributed by atoms with van der Waals surface area (Å²) >= 11 is 0. The van der Waals surface area contributed by atoms with Gasteiger partial charge in [0, 0.05) is 13.1 Å². The number of halogens is 2. The minimum absolute atomic E-state index is 0.160. The number of aliphatic hydroxyl groups is 1. The van der Waals surface area contributed by atoms with Gasteiger partial charge in [0.25, 0.3) is 0 Å². The van der Waals surface area contributed by atoms with Crippen LogP contribution in [0.2, 0.25) is 0 Å². The van der Waals surface area contributed by atoms with Crippen LogP contribution >= 0.6 is 0 Å². The zero-order chi connectivity index (χ0) is 15.5. The summed E-state index contributed by atoms with van der Waals surface area (Å²) in [6, 6.07) is 1.70. The maximum Gasteiger partial charge on any atom is 0.243 e. The van der Waals surface area contributed by atoms with Gasteiger partial charge in [0.1, 0.15) is 10.7 Å². The molecule has 0 amide bonds. The predicted octanol–water partition coefficient (Wildman–Crippen LogP) is 0.831. The molecule has 1 aromatic carbocycles. The molecule has 0 aliphatic carbocycles. The molecule has 118 valence electrons. The summed E-state index contributed by atoms with van der Waals surface area (Å²) in [5.41, 5.74) is -0.641. The van der Waals surface area contributed by atoms with Crippen LogP contribution < -0.4 is 4.72 Å². The first-order chi connectivity index (χ1) is 9.95. The first-order valence-electron chi connectivity index (χ1n) is 6.75. The van der Waals surface area contributed by atoms with Crippen LogP contribution in [0.15, 0.2) is 17.0 Å². The van der Waals surface area contributed by atoms with E-state index in [1.165, 1.54) is 0 Å². The van der Waals surface area contributed by atoms with E-state index in [-0.39, 0.29) is 6.54 Å². The zero-order valence-corrected chi connectivity index (χ0v) is 12.3. The minimum atomic E-state index is -4.06. The van der Waals surface area contributed by atoms with Crippen LogP contribution in [0.1, 0.15) is 18.4 Å². The highest BCUT2D eigenvalue weighted by molar-refractivity contribution is 7.89. The summed E-state index contributed by atoms with van der Waals surface area (Å²) < 4.78 is 53.5. The second-order valence-corrected chi connectivity index (χ2v) is 6.68.